The molecule has 0 spiro atoms. The van der Waals surface area contributed by atoms with E-state index in [2.05, 4.69) is 10.6 Å². The summed E-state index contributed by atoms with van der Waals surface area (Å²) in [6.45, 7) is 6.07. The maximum atomic E-state index is 14.3. The molecule has 0 aliphatic carbocycles. The first-order valence-corrected chi connectivity index (χ1v) is 8.62. The summed E-state index contributed by atoms with van der Waals surface area (Å²) < 4.78 is 30.1. The third-order valence-corrected chi connectivity index (χ3v) is 4.05. The molecule has 1 unspecified atom stereocenters. The fourth-order valence-electron chi connectivity index (χ4n) is 2.69. The van der Waals surface area contributed by atoms with Crippen LogP contribution in [0.15, 0.2) is 30.3 Å². The fraction of sp³-hybridized carbons (Fsp3) is 0.350. The summed E-state index contributed by atoms with van der Waals surface area (Å²) in [5.74, 6) is 0.965. The van der Waals surface area contributed by atoms with Gasteiger partial charge in [0, 0.05) is 17.3 Å². The van der Waals surface area contributed by atoms with E-state index in [1.807, 2.05) is 19.9 Å². The lowest BCUT2D eigenvalue weighted by molar-refractivity contribution is 0.249. The number of nitrogens with one attached hydrogen (secondary N) is 2. The van der Waals surface area contributed by atoms with E-state index in [1.165, 1.54) is 26.4 Å². The number of hydrogen-bond donors (Lipinski definition) is 2. The zero-order chi connectivity index (χ0) is 20.0. The van der Waals surface area contributed by atoms with Crippen LogP contribution < -0.4 is 24.8 Å². The van der Waals surface area contributed by atoms with Crippen LogP contribution in [0.25, 0.3) is 0 Å². The highest BCUT2D eigenvalue weighted by Crippen LogP contribution is 2.32. The number of ether oxygens (including phenoxy) is 3. The minimum absolute atomic E-state index is 0.292. The van der Waals surface area contributed by atoms with Crippen LogP contribution in [-0.2, 0) is 0 Å². The Balaban J connectivity index is 2.08. The molecule has 6 nitrogen and oxygen atoms in total. The summed E-state index contributed by atoms with van der Waals surface area (Å²) in [5, 5.41) is 5.46. The number of urea groups is 1. The third kappa shape index (κ3) is 5.03. The molecule has 2 amide bonds. The highest BCUT2D eigenvalue weighted by Gasteiger charge is 2.18. The lowest BCUT2D eigenvalue weighted by atomic mass is 10.1. The van der Waals surface area contributed by atoms with Gasteiger partial charge in [-0.05, 0) is 50.6 Å². The summed E-state index contributed by atoms with van der Waals surface area (Å²) in [4.78, 5) is 12.3. The minimum atomic E-state index is -0.575. The van der Waals surface area contributed by atoms with E-state index in [9.17, 15) is 9.18 Å². The number of aryl methyl sites for hydroxylation is 1. The average Bonchev–Trinajstić information content (AvgIpc) is 2.63. The van der Waals surface area contributed by atoms with Crippen molar-refractivity contribution in [1.29, 1.82) is 0 Å². The van der Waals surface area contributed by atoms with Crippen molar-refractivity contribution in [3.05, 3.63) is 47.3 Å². The van der Waals surface area contributed by atoms with E-state index in [0.717, 1.165) is 11.3 Å². The predicted molar refractivity (Wildman–Crippen MR) is 102 cm³/mol. The molecule has 0 saturated heterocycles. The normalized spacial score (nSPS) is 11.5. The van der Waals surface area contributed by atoms with Gasteiger partial charge in [-0.1, -0.05) is 0 Å². The molecular weight excluding hydrogens is 351 g/mol. The Morgan fingerprint density at radius 1 is 1.11 bits per heavy atom. The first-order chi connectivity index (χ1) is 12.9. The molecule has 0 saturated carbocycles. The molecule has 0 heterocycles. The Hall–Kier alpha value is -2.96. The number of anilines is 1. The van der Waals surface area contributed by atoms with Gasteiger partial charge in [0.05, 0.1) is 26.9 Å². The second kappa shape index (κ2) is 9.12. The largest absolute Gasteiger partial charge is 0.494 e. The predicted octanol–water partition coefficient (Wildman–Crippen LogP) is 4.43. The van der Waals surface area contributed by atoms with Crippen molar-refractivity contribution in [3.63, 3.8) is 0 Å². The first kappa shape index (κ1) is 20.4. The van der Waals surface area contributed by atoms with E-state index < -0.39 is 17.9 Å². The van der Waals surface area contributed by atoms with Gasteiger partial charge in [-0.15, -0.1) is 0 Å². The molecule has 146 valence electrons. The van der Waals surface area contributed by atoms with Crippen LogP contribution in [0.5, 0.6) is 17.2 Å². The standard InChI is InChI=1S/C20H25FN2O4/c1-6-27-17-8-7-14(9-12(17)2)23-20(24)22-13(3)15-10-18(25-4)19(26-5)11-16(15)21/h7-11,13H,6H2,1-5H3,(H2,22,23,24). The summed E-state index contributed by atoms with van der Waals surface area (Å²) in [7, 11) is 2.91. The highest BCUT2D eigenvalue weighted by atomic mass is 19.1. The van der Waals surface area contributed by atoms with E-state index in [4.69, 9.17) is 14.2 Å². The Bertz CT molecular complexity index is 811. The lowest BCUT2D eigenvalue weighted by Gasteiger charge is -2.18. The van der Waals surface area contributed by atoms with Crippen molar-refractivity contribution >= 4 is 11.7 Å². The smallest absolute Gasteiger partial charge is 0.319 e. The van der Waals surface area contributed by atoms with E-state index >= 15 is 0 Å². The van der Waals surface area contributed by atoms with Crippen LogP contribution in [-0.4, -0.2) is 26.9 Å². The Kier molecular flexibility index (Phi) is 6.87. The zero-order valence-corrected chi connectivity index (χ0v) is 16.2. The van der Waals surface area contributed by atoms with Crippen LogP contribution in [0.4, 0.5) is 14.9 Å². The number of rotatable bonds is 7. The molecule has 0 fully saturated rings. The minimum Gasteiger partial charge on any atom is -0.494 e. The molecule has 0 radical (unpaired) electrons. The molecule has 7 heteroatoms. The van der Waals surface area contributed by atoms with Crippen LogP contribution >= 0.6 is 0 Å². The van der Waals surface area contributed by atoms with Crippen LogP contribution in [0.2, 0.25) is 0 Å². The highest BCUT2D eigenvalue weighted by molar-refractivity contribution is 5.89. The number of carbonyl (C=O) groups is 1. The van der Waals surface area contributed by atoms with E-state index in [0.29, 0.717) is 29.4 Å². The monoisotopic (exact) mass is 376 g/mol. The Morgan fingerprint density at radius 2 is 1.78 bits per heavy atom. The van der Waals surface area contributed by atoms with Gasteiger partial charge in [-0.25, -0.2) is 9.18 Å². The first-order valence-electron chi connectivity index (χ1n) is 8.62. The second-order valence-corrected chi connectivity index (χ2v) is 5.96. The van der Waals surface area contributed by atoms with Crippen molar-refractivity contribution in [1.82, 2.24) is 5.32 Å². The van der Waals surface area contributed by atoms with Gasteiger partial charge in [-0.3, -0.25) is 0 Å². The maximum absolute atomic E-state index is 14.3. The Labute approximate surface area is 158 Å². The maximum Gasteiger partial charge on any atom is 0.319 e. The molecule has 1 atom stereocenters. The fourth-order valence-corrected chi connectivity index (χ4v) is 2.69. The molecular formula is C20H25FN2O4. The van der Waals surface area contributed by atoms with E-state index in [1.54, 1.807) is 19.1 Å². The third-order valence-electron chi connectivity index (χ3n) is 4.05. The van der Waals surface area contributed by atoms with Crippen LogP contribution in [0, 0.1) is 12.7 Å². The molecule has 2 aromatic rings. The Morgan fingerprint density at radius 3 is 2.37 bits per heavy atom. The lowest BCUT2D eigenvalue weighted by Crippen LogP contribution is -2.31. The number of hydrogen-bond acceptors (Lipinski definition) is 4. The quantitative estimate of drug-likeness (QED) is 0.750. The van der Waals surface area contributed by atoms with Crippen molar-refractivity contribution in [2.45, 2.75) is 26.8 Å². The van der Waals surface area contributed by atoms with Gasteiger partial charge in [0.2, 0.25) is 0 Å². The molecule has 0 aromatic heterocycles. The molecule has 0 aliphatic heterocycles. The zero-order valence-electron chi connectivity index (χ0n) is 16.2. The second-order valence-electron chi connectivity index (χ2n) is 5.96. The van der Waals surface area contributed by atoms with Crippen LogP contribution in [0.3, 0.4) is 0 Å². The summed E-state index contributed by atoms with van der Waals surface area (Å²) >= 11 is 0. The van der Waals surface area contributed by atoms with E-state index in [-0.39, 0.29) is 0 Å². The number of halogens is 1. The van der Waals surface area contributed by atoms with Crippen molar-refractivity contribution in [2.75, 3.05) is 26.1 Å². The molecule has 0 bridgehead atoms. The number of benzene rings is 2. The SMILES string of the molecule is CCOc1ccc(NC(=O)NC(C)c2cc(OC)c(OC)cc2F)cc1C. The van der Waals surface area contributed by atoms with Gasteiger partial charge in [-0.2, -0.15) is 0 Å². The molecule has 2 rings (SSSR count). The van der Waals surface area contributed by atoms with Crippen LogP contribution in [0.1, 0.15) is 31.0 Å². The van der Waals surface area contributed by atoms with Gasteiger partial charge in [0.25, 0.3) is 0 Å². The number of amides is 2. The van der Waals surface area contributed by atoms with Crippen molar-refractivity contribution in [2.24, 2.45) is 0 Å². The molecule has 27 heavy (non-hydrogen) atoms. The average molecular weight is 376 g/mol. The van der Waals surface area contributed by atoms with Crippen molar-refractivity contribution < 1.29 is 23.4 Å². The number of carbonyl (C=O) groups excluding carboxylic acids is 1. The van der Waals surface area contributed by atoms with Crippen molar-refractivity contribution in [3.8, 4) is 17.2 Å². The summed E-state index contributed by atoms with van der Waals surface area (Å²) in [6, 6.07) is 7.09. The summed E-state index contributed by atoms with van der Waals surface area (Å²) in [6.07, 6.45) is 0. The number of methoxy groups -OCH3 is 2. The van der Waals surface area contributed by atoms with Gasteiger partial charge in [0.15, 0.2) is 11.5 Å². The molecule has 0 aliphatic rings. The van der Waals surface area contributed by atoms with Gasteiger partial charge in [0.1, 0.15) is 11.6 Å². The van der Waals surface area contributed by atoms with Gasteiger partial charge < -0.3 is 24.8 Å². The topological polar surface area (TPSA) is 68.8 Å². The molecule has 2 aromatic carbocycles. The molecule has 2 N–H and O–H groups in total. The summed E-state index contributed by atoms with van der Waals surface area (Å²) in [5.41, 5.74) is 1.83. The van der Waals surface area contributed by atoms with Gasteiger partial charge >= 0.3 is 6.03 Å².